The summed E-state index contributed by atoms with van der Waals surface area (Å²) in [4.78, 5) is 63.7. The molecule has 0 saturated carbocycles. The normalized spacial score (nSPS) is 36.2. The van der Waals surface area contributed by atoms with Crippen molar-refractivity contribution >= 4 is 21.6 Å². The van der Waals surface area contributed by atoms with Gasteiger partial charge in [-0.25, -0.2) is 18.7 Å². The van der Waals surface area contributed by atoms with Gasteiger partial charge in [-0.2, -0.15) is 4.31 Å². The van der Waals surface area contributed by atoms with Gasteiger partial charge in [-0.15, -0.1) is 0 Å². The van der Waals surface area contributed by atoms with Crippen molar-refractivity contribution in [3.05, 3.63) is 33.1 Å². The van der Waals surface area contributed by atoms with E-state index in [9.17, 15) is 53.9 Å². The maximum atomic E-state index is 12.2. The van der Waals surface area contributed by atoms with Crippen molar-refractivity contribution in [2.75, 3.05) is 6.61 Å². The summed E-state index contributed by atoms with van der Waals surface area (Å²) < 4.78 is 47.2. The number of nitrogens with zero attached hydrogens (tertiary/aromatic N) is 1. The molecule has 20 nitrogen and oxygen atoms in total. The standard InChI is InChI=1S/C15H22N2O18P2/c18-5-1-2-17(15(25)16-5)12-9(22)10(4(32-12)3-31-37(29,30)35-36(26,27)28)33-14-8(21)6(19)7(20)11(34-14)13(23)24/h1-2,4,6-12,14,19-22H,3H2,(H,23,24)(H,29,30)(H,16,18,25)(H2,26,27,28)/t4-,6+,7+,8-,9-,10-,11+,12-,14?/m1/s1. The zero-order valence-electron chi connectivity index (χ0n) is 18.1. The number of carboxylic acids is 1. The molecule has 210 valence electrons. The molecule has 9 N–H and O–H groups in total. The van der Waals surface area contributed by atoms with Crippen molar-refractivity contribution < 1.29 is 77.2 Å². The summed E-state index contributed by atoms with van der Waals surface area (Å²) in [5.74, 6) is -1.76. The Labute approximate surface area is 204 Å². The van der Waals surface area contributed by atoms with E-state index in [2.05, 4.69) is 8.83 Å². The maximum Gasteiger partial charge on any atom is 0.481 e. The number of aromatic amines is 1. The molecule has 2 saturated heterocycles. The van der Waals surface area contributed by atoms with Crippen LogP contribution in [0.2, 0.25) is 0 Å². The summed E-state index contributed by atoms with van der Waals surface area (Å²) in [7, 11) is -11.0. The number of carboxylic acid groups (broad SMARTS) is 1. The van der Waals surface area contributed by atoms with Crippen LogP contribution in [0.4, 0.5) is 0 Å². The topological polar surface area (TPSA) is 314 Å². The zero-order chi connectivity index (χ0) is 27.9. The summed E-state index contributed by atoms with van der Waals surface area (Å²) in [5.41, 5.74) is -1.91. The van der Waals surface area contributed by atoms with Gasteiger partial charge in [-0.05, 0) is 0 Å². The molecule has 0 bridgehead atoms. The first kappa shape index (κ1) is 29.7. The molecule has 3 rings (SSSR count). The van der Waals surface area contributed by atoms with E-state index < -0.39 is 94.7 Å². The Kier molecular flexibility index (Phi) is 8.89. The fourth-order valence-corrected chi connectivity index (χ4v) is 5.12. The number of nitrogens with one attached hydrogen (secondary N) is 1. The Morgan fingerprint density at radius 2 is 1.68 bits per heavy atom. The predicted molar refractivity (Wildman–Crippen MR) is 109 cm³/mol. The van der Waals surface area contributed by atoms with E-state index in [0.717, 1.165) is 12.3 Å². The monoisotopic (exact) mass is 580 g/mol. The van der Waals surface area contributed by atoms with Gasteiger partial charge in [0.2, 0.25) is 0 Å². The average molecular weight is 580 g/mol. The lowest BCUT2D eigenvalue weighted by Gasteiger charge is -2.40. The van der Waals surface area contributed by atoms with Gasteiger partial charge in [0, 0.05) is 12.3 Å². The van der Waals surface area contributed by atoms with Gasteiger partial charge in [0.1, 0.15) is 36.6 Å². The molecule has 0 amide bonds. The third-order valence-corrected chi connectivity index (χ3v) is 7.30. The lowest BCUT2D eigenvalue weighted by atomic mass is 9.98. The van der Waals surface area contributed by atoms with Crippen LogP contribution in [-0.2, 0) is 37.0 Å². The SMILES string of the molecule is O=C(O)[C@H]1OC(O[C@H]2[C@@H](O)[C@H](n3ccc(=O)[nH]c3=O)O[C@@H]2COP(=O)(O)OP(=O)(O)O)[C@H](O)[C@@H](O)[C@@H]1O. The van der Waals surface area contributed by atoms with E-state index in [0.29, 0.717) is 4.57 Å². The Morgan fingerprint density at radius 3 is 2.24 bits per heavy atom. The molecule has 0 aliphatic carbocycles. The van der Waals surface area contributed by atoms with Crippen molar-refractivity contribution in [1.82, 2.24) is 9.55 Å². The second-order valence-electron chi connectivity index (χ2n) is 7.75. The van der Waals surface area contributed by atoms with E-state index in [1.165, 1.54) is 0 Å². The Bertz CT molecular complexity index is 1200. The number of hydrogen-bond acceptors (Lipinski definition) is 14. The molecule has 0 radical (unpaired) electrons. The largest absolute Gasteiger partial charge is 0.481 e. The Morgan fingerprint density at radius 1 is 1.03 bits per heavy atom. The number of aliphatic hydroxyl groups excluding tert-OH is 4. The Hall–Kier alpha value is -1.87. The van der Waals surface area contributed by atoms with Crippen molar-refractivity contribution in [3.63, 3.8) is 0 Å². The van der Waals surface area contributed by atoms with Crippen LogP contribution >= 0.6 is 15.6 Å². The van der Waals surface area contributed by atoms with Crippen LogP contribution in [0, 0.1) is 0 Å². The van der Waals surface area contributed by atoms with Gasteiger partial charge < -0.3 is 54.4 Å². The number of phosphoric acid groups is 2. The van der Waals surface area contributed by atoms with Crippen LogP contribution in [0.25, 0.3) is 0 Å². The number of carbonyl (C=O) groups is 1. The number of aliphatic hydroxyl groups is 4. The minimum absolute atomic E-state index is 0.657. The third-order valence-electron chi connectivity index (χ3n) is 5.15. The van der Waals surface area contributed by atoms with E-state index in [1.54, 1.807) is 0 Å². The number of aromatic nitrogens is 2. The second kappa shape index (κ2) is 11.1. The van der Waals surface area contributed by atoms with E-state index >= 15 is 0 Å². The molecule has 22 heteroatoms. The van der Waals surface area contributed by atoms with Crippen molar-refractivity contribution in [2.24, 2.45) is 0 Å². The number of phosphoric ester groups is 1. The van der Waals surface area contributed by atoms with Crippen LogP contribution in [-0.4, -0.2) is 111 Å². The van der Waals surface area contributed by atoms with Crippen LogP contribution in [0.5, 0.6) is 0 Å². The molecule has 1 aromatic heterocycles. The molecule has 2 aliphatic rings. The highest BCUT2D eigenvalue weighted by Gasteiger charge is 2.53. The highest BCUT2D eigenvalue weighted by atomic mass is 31.3. The second-order valence-corrected chi connectivity index (χ2v) is 10.6. The molecular formula is C15H22N2O18P2. The highest BCUT2D eigenvalue weighted by Crippen LogP contribution is 2.57. The fourth-order valence-electron chi connectivity index (χ4n) is 3.52. The molecule has 37 heavy (non-hydrogen) atoms. The van der Waals surface area contributed by atoms with Crippen molar-refractivity contribution in [1.29, 1.82) is 0 Å². The average Bonchev–Trinajstić information content (AvgIpc) is 3.06. The highest BCUT2D eigenvalue weighted by molar-refractivity contribution is 7.60. The molecular weight excluding hydrogens is 558 g/mol. The lowest BCUT2D eigenvalue weighted by Crippen LogP contribution is -2.61. The molecule has 2 fully saturated rings. The van der Waals surface area contributed by atoms with E-state index in [-0.39, 0.29) is 0 Å². The first-order valence-electron chi connectivity index (χ1n) is 9.98. The summed E-state index contributed by atoms with van der Waals surface area (Å²) in [5, 5.41) is 49.9. The molecule has 2 aliphatic heterocycles. The quantitative estimate of drug-likeness (QED) is 0.124. The lowest BCUT2D eigenvalue weighted by molar-refractivity contribution is -0.311. The van der Waals surface area contributed by atoms with Crippen molar-refractivity contribution in [2.45, 2.75) is 55.2 Å². The summed E-state index contributed by atoms with van der Waals surface area (Å²) in [6.45, 7) is -1.12. The minimum atomic E-state index is -5.51. The number of rotatable bonds is 9. The molecule has 2 unspecified atom stereocenters. The molecule has 1 aromatic rings. The van der Waals surface area contributed by atoms with Crippen LogP contribution < -0.4 is 11.2 Å². The van der Waals surface area contributed by atoms with E-state index in [4.69, 9.17) is 24.0 Å². The number of ether oxygens (including phenoxy) is 3. The third kappa shape index (κ3) is 6.96. The van der Waals surface area contributed by atoms with Crippen LogP contribution in [0.15, 0.2) is 21.9 Å². The molecule has 3 heterocycles. The first-order valence-corrected chi connectivity index (χ1v) is 13.0. The van der Waals surface area contributed by atoms with Gasteiger partial charge in [0.05, 0.1) is 6.61 Å². The van der Waals surface area contributed by atoms with Gasteiger partial charge >= 0.3 is 27.3 Å². The fraction of sp³-hybridized carbons (Fsp3) is 0.667. The first-order chi connectivity index (χ1) is 17.0. The van der Waals surface area contributed by atoms with Crippen LogP contribution in [0.1, 0.15) is 6.23 Å². The minimum Gasteiger partial charge on any atom is -0.479 e. The van der Waals surface area contributed by atoms with E-state index in [1.807, 2.05) is 4.98 Å². The Balaban J connectivity index is 1.89. The molecule has 10 atom stereocenters. The summed E-state index contributed by atoms with van der Waals surface area (Å²) in [6, 6.07) is 0.871. The number of aliphatic carboxylic acids is 1. The smallest absolute Gasteiger partial charge is 0.479 e. The summed E-state index contributed by atoms with van der Waals surface area (Å²) >= 11 is 0. The zero-order valence-corrected chi connectivity index (χ0v) is 19.8. The maximum absolute atomic E-state index is 12.2. The van der Waals surface area contributed by atoms with Gasteiger partial charge in [-0.3, -0.25) is 18.9 Å². The molecule has 0 spiro atoms. The van der Waals surface area contributed by atoms with Gasteiger partial charge in [-0.1, -0.05) is 0 Å². The number of H-pyrrole nitrogens is 1. The van der Waals surface area contributed by atoms with Crippen molar-refractivity contribution in [3.8, 4) is 0 Å². The predicted octanol–water partition coefficient (Wildman–Crippen LogP) is -4.70. The molecule has 0 aromatic carbocycles. The van der Waals surface area contributed by atoms with Crippen LogP contribution in [0.3, 0.4) is 0 Å². The summed E-state index contributed by atoms with van der Waals surface area (Å²) in [6.07, 6.45) is -16.8. The van der Waals surface area contributed by atoms with Gasteiger partial charge in [0.15, 0.2) is 18.6 Å². The van der Waals surface area contributed by atoms with Gasteiger partial charge in [0.25, 0.3) is 5.56 Å². The number of hydrogen-bond donors (Lipinski definition) is 9.